The Hall–Kier alpha value is -1.39. The molecular weight excluding hydrogens is 216 g/mol. The Morgan fingerprint density at radius 2 is 2.00 bits per heavy atom. The maximum Gasteiger partial charge on any atom is 0.0650 e. The third-order valence-electron chi connectivity index (χ3n) is 3.45. The van der Waals surface area contributed by atoms with Gasteiger partial charge in [-0.3, -0.25) is 0 Å². The Bertz CT molecular complexity index is 378. The van der Waals surface area contributed by atoms with E-state index < -0.39 is 0 Å². The number of nitrogens with one attached hydrogen (secondary N) is 1. The maximum absolute atomic E-state index is 9.36. The molecule has 1 aliphatic rings. The number of rotatable bonds is 3. The molecule has 2 atom stereocenters. The molecule has 0 aromatic heterocycles. The molecule has 2 rings (SSSR count). The molecule has 1 fully saturated rings. The molecular formula is C13H18N2O2. The summed E-state index contributed by atoms with van der Waals surface area (Å²) < 4.78 is 0. The summed E-state index contributed by atoms with van der Waals surface area (Å²) in [7, 11) is 0. The molecule has 0 amide bonds. The van der Waals surface area contributed by atoms with E-state index in [1.54, 1.807) is 0 Å². The molecule has 0 aliphatic heterocycles. The largest absolute Gasteiger partial charge is 0.411 e. The molecule has 4 heteroatoms. The van der Waals surface area contributed by atoms with Crippen LogP contribution in [0.15, 0.2) is 35.5 Å². The van der Waals surface area contributed by atoms with E-state index in [-0.39, 0.29) is 12.0 Å². The summed E-state index contributed by atoms with van der Waals surface area (Å²) >= 11 is 0. The Labute approximate surface area is 101 Å². The highest BCUT2D eigenvalue weighted by Crippen LogP contribution is 2.32. The fourth-order valence-corrected chi connectivity index (χ4v) is 2.56. The summed E-state index contributed by atoms with van der Waals surface area (Å²) in [5, 5.41) is 21.8. The summed E-state index contributed by atoms with van der Waals surface area (Å²) in [5.41, 5.74) is 4.16. The van der Waals surface area contributed by atoms with E-state index in [1.807, 2.05) is 30.3 Å². The molecule has 3 N–H and O–H groups in total. The Morgan fingerprint density at radius 1 is 1.24 bits per heavy atom. The molecule has 0 spiro atoms. The lowest BCUT2D eigenvalue weighted by molar-refractivity contribution is 0.105. The topological polar surface area (TPSA) is 64.9 Å². The van der Waals surface area contributed by atoms with E-state index in [1.165, 1.54) is 0 Å². The van der Waals surface area contributed by atoms with Crippen LogP contribution in [-0.4, -0.2) is 16.1 Å². The predicted octanol–water partition coefficient (Wildman–Crippen LogP) is 2.73. The van der Waals surface area contributed by atoms with Gasteiger partial charge in [-0.2, -0.15) is 5.48 Å². The number of hydrogen-bond donors (Lipinski definition) is 3. The quantitative estimate of drug-likeness (QED) is 0.556. The van der Waals surface area contributed by atoms with Gasteiger partial charge in [0.1, 0.15) is 0 Å². The molecule has 17 heavy (non-hydrogen) atoms. The van der Waals surface area contributed by atoms with Crippen molar-refractivity contribution in [2.45, 2.75) is 31.7 Å². The number of nitrogens with zero attached hydrogens (tertiary/aromatic N) is 1. The predicted molar refractivity (Wildman–Crippen MR) is 65.3 cm³/mol. The highest BCUT2D eigenvalue weighted by Gasteiger charge is 2.29. The van der Waals surface area contributed by atoms with Crippen LogP contribution in [-0.2, 0) is 0 Å². The lowest BCUT2D eigenvalue weighted by atomic mass is 9.80. The van der Waals surface area contributed by atoms with E-state index in [2.05, 4.69) is 10.6 Å². The van der Waals surface area contributed by atoms with Crippen LogP contribution in [0.4, 0.5) is 0 Å². The smallest absolute Gasteiger partial charge is 0.0650 e. The van der Waals surface area contributed by atoms with E-state index in [4.69, 9.17) is 5.21 Å². The van der Waals surface area contributed by atoms with Crippen molar-refractivity contribution in [1.82, 2.24) is 5.48 Å². The Kier molecular flexibility index (Phi) is 4.12. The van der Waals surface area contributed by atoms with E-state index in [0.29, 0.717) is 0 Å². The molecule has 1 aromatic rings. The van der Waals surface area contributed by atoms with Gasteiger partial charge in [-0.05, 0) is 24.8 Å². The number of hydrogen-bond acceptors (Lipinski definition) is 4. The van der Waals surface area contributed by atoms with E-state index >= 15 is 0 Å². The van der Waals surface area contributed by atoms with Gasteiger partial charge in [-0.25, -0.2) is 0 Å². The molecule has 1 saturated carbocycles. The van der Waals surface area contributed by atoms with Crippen molar-refractivity contribution in [3.8, 4) is 0 Å². The van der Waals surface area contributed by atoms with Crippen molar-refractivity contribution in [3.05, 3.63) is 35.9 Å². The number of hydroxylamine groups is 1. The molecule has 1 aromatic carbocycles. The first kappa shape index (κ1) is 12.1. The highest BCUT2D eigenvalue weighted by molar-refractivity contribution is 5.87. The van der Waals surface area contributed by atoms with Crippen LogP contribution in [0, 0.1) is 5.92 Å². The first-order chi connectivity index (χ1) is 8.36. The fourth-order valence-electron chi connectivity index (χ4n) is 2.56. The minimum Gasteiger partial charge on any atom is -0.411 e. The third kappa shape index (κ3) is 2.65. The van der Waals surface area contributed by atoms with Gasteiger partial charge < -0.3 is 10.4 Å². The van der Waals surface area contributed by atoms with Crippen molar-refractivity contribution in [1.29, 1.82) is 0 Å². The van der Waals surface area contributed by atoms with E-state index in [9.17, 15) is 5.21 Å². The van der Waals surface area contributed by atoms with Gasteiger partial charge in [0.05, 0.1) is 11.8 Å². The normalized spacial score (nSPS) is 24.8. The SMILES string of the molecule is O/N=C1/CCCC[C@H]1[C@H](NO)c1ccccc1. The van der Waals surface area contributed by atoms with Gasteiger partial charge in [0.2, 0.25) is 0 Å². The van der Waals surface area contributed by atoms with Gasteiger partial charge >= 0.3 is 0 Å². The van der Waals surface area contributed by atoms with Crippen LogP contribution < -0.4 is 5.48 Å². The lowest BCUT2D eigenvalue weighted by Gasteiger charge is -2.30. The van der Waals surface area contributed by atoms with Crippen LogP contribution in [0.2, 0.25) is 0 Å². The molecule has 0 saturated heterocycles. The van der Waals surface area contributed by atoms with Crippen molar-refractivity contribution < 1.29 is 10.4 Å². The number of oxime groups is 1. The lowest BCUT2D eigenvalue weighted by Crippen LogP contribution is -2.33. The van der Waals surface area contributed by atoms with Crippen molar-refractivity contribution in [2.75, 3.05) is 0 Å². The van der Waals surface area contributed by atoms with Crippen molar-refractivity contribution in [2.24, 2.45) is 11.1 Å². The van der Waals surface area contributed by atoms with Crippen LogP contribution in [0.1, 0.15) is 37.3 Å². The molecule has 0 heterocycles. The second-order valence-corrected chi connectivity index (χ2v) is 4.46. The van der Waals surface area contributed by atoms with Crippen molar-refractivity contribution >= 4 is 5.71 Å². The zero-order valence-corrected chi connectivity index (χ0v) is 9.71. The zero-order valence-electron chi connectivity index (χ0n) is 9.71. The standard InChI is InChI=1S/C13H18N2O2/c16-14-12-9-5-4-8-11(12)13(15-17)10-6-2-1-3-7-10/h1-3,6-7,11,13,15-17H,4-5,8-9H2/b14-12-/t11-,13-/m1/s1. The molecule has 0 bridgehead atoms. The van der Waals surface area contributed by atoms with Gasteiger partial charge in [0.25, 0.3) is 0 Å². The summed E-state index contributed by atoms with van der Waals surface area (Å²) in [5.74, 6) is 0.0705. The Morgan fingerprint density at radius 3 is 2.65 bits per heavy atom. The van der Waals surface area contributed by atoms with Crippen LogP contribution in [0.25, 0.3) is 0 Å². The molecule has 1 aliphatic carbocycles. The highest BCUT2D eigenvalue weighted by atomic mass is 16.5. The molecule has 0 unspecified atom stereocenters. The second kappa shape index (κ2) is 5.80. The van der Waals surface area contributed by atoms with Gasteiger partial charge in [0.15, 0.2) is 0 Å². The third-order valence-corrected chi connectivity index (χ3v) is 3.45. The summed E-state index contributed by atoms with van der Waals surface area (Å²) in [6, 6.07) is 9.58. The Balaban J connectivity index is 2.23. The summed E-state index contributed by atoms with van der Waals surface area (Å²) in [6.07, 6.45) is 3.91. The minimum absolute atomic E-state index is 0.0705. The fraction of sp³-hybridized carbons (Fsp3) is 0.462. The summed E-state index contributed by atoms with van der Waals surface area (Å²) in [6.45, 7) is 0. The average Bonchev–Trinajstić information content (AvgIpc) is 2.41. The zero-order chi connectivity index (χ0) is 12.1. The molecule has 92 valence electrons. The second-order valence-electron chi connectivity index (χ2n) is 4.46. The average molecular weight is 234 g/mol. The monoisotopic (exact) mass is 234 g/mol. The van der Waals surface area contributed by atoms with Crippen molar-refractivity contribution in [3.63, 3.8) is 0 Å². The van der Waals surface area contributed by atoms with Crippen LogP contribution >= 0.6 is 0 Å². The molecule has 4 nitrogen and oxygen atoms in total. The first-order valence-corrected chi connectivity index (χ1v) is 6.02. The van der Waals surface area contributed by atoms with Crippen LogP contribution in [0.3, 0.4) is 0 Å². The first-order valence-electron chi connectivity index (χ1n) is 6.02. The van der Waals surface area contributed by atoms with E-state index in [0.717, 1.165) is 37.0 Å². The molecule has 0 radical (unpaired) electrons. The van der Waals surface area contributed by atoms with Crippen LogP contribution in [0.5, 0.6) is 0 Å². The van der Waals surface area contributed by atoms with Gasteiger partial charge in [0, 0.05) is 5.92 Å². The minimum atomic E-state index is -0.192. The number of benzene rings is 1. The van der Waals surface area contributed by atoms with Gasteiger partial charge in [-0.1, -0.05) is 41.9 Å². The maximum atomic E-state index is 9.36. The van der Waals surface area contributed by atoms with Gasteiger partial charge in [-0.15, -0.1) is 0 Å². The summed E-state index contributed by atoms with van der Waals surface area (Å²) in [4.78, 5) is 0.